The molecule has 1 aromatic rings. The van der Waals surface area contributed by atoms with Crippen molar-refractivity contribution >= 4 is 5.97 Å². The van der Waals surface area contributed by atoms with Crippen LogP contribution in [0.4, 0.5) is 8.78 Å². The molecule has 80 valence electrons. The van der Waals surface area contributed by atoms with Gasteiger partial charge in [0.05, 0.1) is 0 Å². The minimum Gasteiger partial charge on any atom is -0.480 e. The molecular formula is C10H9F2NO2. The fraction of sp³-hybridized carbons (Fsp3) is 0.300. The Morgan fingerprint density at radius 2 is 2.20 bits per heavy atom. The Balaban J connectivity index is 2.37. The van der Waals surface area contributed by atoms with E-state index < -0.39 is 23.6 Å². The van der Waals surface area contributed by atoms with Gasteiger partial charge in [-0.05, 0) is 18.1 Å². The molecule has 3 nitrogen and oxygen atoms in total. The second-order valence-corrected chi connectivity index (χ2v) is 3.50. The van der Waals surface area contributed by atoms with Crippen molar-refractivity contribution in [3.8, 4) is 0 Å². The van der Waals surface area contributed by atoms with Crippen LogP contribution in [0.3, 0.4) is 0 Å². The number of rotatable bonds is 1. The van der Waals surface area contributed by atoms with Gasteiger partial charge >= 0.3 is 5.97 Å². The zero-order valence-corrected chi connectivity index (χ0v) is 7.76. The van der Waals surface area contributed by atoms with E-state index in [0.29, 0.717) is 11.1 Å². The minimum absolute atomic E-state index is 0.110. The van der Waals surface area contributed by atoms with Gasteiger partial charge in [0.1, 0.15) is 17.7 Å². The van der Waals surface area contributed by atoms with Gasteiger partial charge in [0.2, 0.25) is 0 Å². The van der Waals surface area contributed by atoms with E-state index in [0.717, 1.165) is 6.07 Å². The molecule has 2 N–H and O–H groups in total. The predicted molar refractivity (Wildman–Crippen MR) is 48.3 cm³/mol. The highest BCUT2D eigenvalue weighted by molar-refractivity contribution is 5.74. The number of carbonyl (C=O) groups is 1. The molecule has 1 heterocycles. The Kier molecular flexibility index (Phi) is 2.40. The Morgan fingerprint density at radius 3 is 2.87 bits per heavy atom. The summed E-state index contributed by atoms with van der Waals surface area (Å²) in [5, 5.41) is 11.4. The van der Waals surface area contributed by atoms with Gasteiger partial charge in [-0.15, -0.1) is 0 Å². The summed E-state index contributed by atoms with van der Waals surface area (Å²) < 4.78 is 26.1. The van der Waals surface area contributed by atoms with Crippen molar-refractivity contribution in [1.82, 2.24) is 5.32 Å². The summed E-state index contributed by atoms with van der Waals surface area (Å²) in [6.45, 7) is 0.123. The van der Waals surface area contributed by atoms with Crippen LogP contribution in [0, 0.1) is 11.6 Å². The van der Waals surface area contributed by atoms with E-state index in [-0.39, 0.29) is 13.0 Å². The zero-order chi connectivity index (χ0) is 11.0. The first-order chi connectivity index (χ1) is 7.08. The monoisotopic (exact) mass is 213 g/mol. The average molecular weight is 213 g/mol. The van der Waals surface area contributed by atoms with Crippen LogP contribution in [0.15, 0.2) is 12.1 Å². The standard InChI is InChI=1S/C10H9F2NO2/c11-6-1-5-2-9(10(14)15)13-4-7(5)8(12)3-6/h1,3,9,13H,2,4H2,(H,14,15). The third-order valence-electron chi connectivity index (χ3n) is 2.50. The van der Waals surface area contributed by atoms with E-state index in [1.165, 1.54) is 6.07 Å². The van der Waals surface area contributed by atoms with Gasteiger partial charge in [-0.25, -0.2) is 8.78 Å². The first-order valence-electron chi connectivity index (χ1n) is 4.51. The van der Waals surface area contributed by atoms with E-state index in [9.17, 15) is 13.6 Å². The number of fused-ring (bicyclic) bond motifs is 1. The van der Waals surface area contributed by atoms with Gasteiger partial charge in [0, 0.05) is 18.2 Å². The van der Waals surface area contributed by atoms with Crippen molar-refractivity contribution in [2.45, 2.75) is 19.0 Å². The van der Waals surface area contributed by atoms with Gasteiger partial charge in [-0.3, -0.25) is 10.1 Å². The van der Waals surface area contributed by atoms with Gasteiger partial charge in [-0.1, -0.05) is 0 Å². The molecule has 1 atom stereocenters. The highest BCUT2D eigenvalue weighted by Gasteiger charge is 2.25. The first kappa shape index (κ1) is 10.0. The Labute approximate surface area is 84.7 Å². The molecule has 0 saturated carbocycles. The third-order valence-corrected chi connectivity index (χ3v) is 2.50. The summed E-state index contributed by atoms with van der Waals surface area (Å²) in [5.74, 6) is -2.30. The molecule has 0 bridgehead atoms. The lowest BCUT2D eigenvalue weighted by Gasteiger charge is -2.23. The normalized spacial score (nSPS) is 19.7. The van der Waals surface area contributed by atoms with Crippen molar-refractivity contribution < 1.29 is 18.7 Å². The fourth-order valence-electron chi connectivity index (χ4n) is 1.73. The summed E-state index contributed by atoms with van der Waals surface area (Å²) in [6.07, 6.45) is 0.110. The molecule has 0 radical (unpaired) electrons. The van der Waals surface area contributed by atoms with Crippen molar-refractivity contribution in [3.63, 3.8) is 0 Å². The van der Waals surface area contributed by atoms with Crippen molar-refractivity contribution in [2.24, 2.45) is 0 Å². The number of carboxylic acids is 1. The molecular weight excluding hydrogens is 204 g/mol. The summed E-state index contributed by atoms with van der Waals surface area (Å²) in [5.41, 5.74) is 0.785. The second kappa shape index (κ2) is 3.58. The molecule has 0 fully saturated rings. The Hall–Kier alpha value is -1.49. The lowest BCUT2D eigenvalue weighted by Crippen LogP contribution is -2.42. The molecule has 0 saturated heterocycles. The SMILES string of the molecule is O=C(O)C1Cc2cc(F)cc(F)c2CN1. The number of halogens is 2. The molecule has 0 amide bonds. The molecule has 0 spiro atoms. The van der Waals surface area contributed by atoms with Crippen molar-refractivity contribution in [3.05, 3.63) is 34.9 Å². The highest BCUT2D eigenvalue weighted by Crippen LogP contribution is 2.21. The van der Waals surface area contributed by atoms with Crippen LogP contribution in [-0.2, 0) is 17.8 Å². The Morgan fingerprint density at radius 1 is 1.47 bits per heavy atom. The maximum Gasteiger partial charge on any atom is 0.321 e. The van der Waals surface area contributed by atoms with Crippen LogP contribution >= 0.6 is 0 Å². The molecule has 5 heteroatoms. The van der Waals surface area contributed by atoms with E-state index >= 15 is 0 Å². The van der Waals surface area contributed by atoms with E-state index in [2.05, 4.69) is 5.32 Å². The number of aliphatic carboxylic acids is 1. The third kappa shape index (κ3) is 1.83. The van der Waals surface area contributed by atoms with Crippen LogP contribution in [-0.4, -0.2) is 17.1 Å². The first-order valence-corrected chi connectivity index (χ1v) is 4.51. The Bertz CT molecular complexity index is 420. The maximum absolute atomic E-state index is 13.2. The summed E-state index contributed by atoms with van der Waals surface area (Å²) in [6, 6.07) is 1.23. The summed E-state index contributed by atoms with van der Waals surface area (Å²) in [7, 11) is 0. The van der Waals surface area contributed by atoms with Gasteiger partial charge < -0.3 is 5.11 Å². The molecule has 2 rings (SSSR count). The molecule has 1 aliphatic rings. The maximum atomic E-state index is 13.2. The van der Waals surface area contributed by atoms with Gasteiger partial charge in [0.25, 0.3) is 0 Å². The number of hydrogen-bond acceptors (Lipinski definition) is 2. The summed E-state index contributed by atoms with van der Waals surface area (Å²) in [4.78, 5) is 10.7. The molecule has 1 aliphatic heterocycles. The highest BCUT2D eigenvalue weighted by atomic mass is 19.1. The predicted octanol–water partition coefficient (Wildman–Crippen LogP) is 1.06. The average Bonchev–Trinajstić information content (AvgIpc) is 2.16. The van der Waals surface area contributed by atoms with Gasteiger partial charge in [-0.2, -0.15) is 0 Å². The number of benzene rings is 1. The number of nitrogens with one attached hydrogen (secondary N) is 1. The lowest BCUT2D eigenvalue weighted by atomic mass is 9.95. The lowest BCUT2D eigenvalue weighted by molar-refractivity contribution is -0.139. The van der Waals surface area contributed by atoms with Gasteiger partial charge in [0.15, 0.2) is 0 Å². The smallest absolute Gasteiger partial charge is 0.321 e. The van der Waals surface area contributed by atoms with E-state index in [1.54, 1.807) is 0 Å². The summed E-state index contributed by atoms with van der Waals surface area (Å²) >= 11 is 0. The van der Waals surface area contributed by atoms with Crippen molar-refractivity contribution in [1.29, 1.82) is 0 Å². The van der Waals surface area contributed by atoms with Crippen LogP contribution in [0.1, 0.15) is 11.1 Å². The van der Waals surface area contributed by atoms with Crippen LogP contribution in [0.2, 0.25) is 0 Å². The molecule has 15 heavy (non-hydrogen) atoms. The fourth-order valence-corrected chi connectivity index (χ4v) is 1.73. The van der Waals surface area contributed by atoms with Crippen LogP contribution in [0.25, 0.3) is 0 Å². The minimum atomic E-state index is -1.01. The topological polar surface area (TPSA) is 49.3 Å². The number of carboxylic acid groups (broad SMARTS) is 1. The molecule has 1 unspecified atom stereocenters. The molecule has 0 aliphatic carbocycles. The quantitative estimate of drug-likeness (QED) is 0.733. The second-order valence-electron chi connectivity index (χ2n) is 3.50. The van der Waals surface area contributed by atoms with Crippen LogP contribution in [0.5, 0.6) is 0 Å². The van der Waals surface area contributed by atoms with E-state index in [4.69, 9.17) is 5.11 Å². The van der Waals surface area contributed by atoms with E-state index in [1.807, 2.05) is 0 Å². The molecule has 1 aromatic carbocycles. The number of hydrogen-bond donors (Lipinski definition) is 2. The van der Waals surface area contributed by atoms with Crippen molar-refractivity contribution in [2.75, 3.05) is 0 Å². The largest absolute Gasteiger partial charge is 0.480 e. The molecule has 0 aromatic heterocycles. The zero-order valence-electron chi connectivity index (χ0n) is 7.76. The van der Waals surface area contributed by atoms with Crippen LogP contribution < -0.4 is 5.32 Å².